The summed E-state index contributed by atoms with van der Waals surface area (Å²) in [5.74, 6) is 1.16. The molecule has 1 aromatic heterocycles. The van der Waals surface area contributed by atoms with E-state index in [2.05, 4.69) is 35.2 Å². The first-order valence-corrected chi connectivity index (χ1v) is 6.66. The number of hydrogen-bond donors (Lipinski definition) is 1. The molecule has 3 rings (SSSR count). The van der Waals surface area contributed by atoms with Gasteiger partial charge in [-0.05, 0) is 49.8 Å². The van der Waals surface area contributed by atoms with Crippen LogP contribution in [0.5, 0.6) is 0 Å². The van der Waals surface area contributed by atoms with E-state index in [1.165, 1.54) is 36.8 Å². The highest BCUT2D eigenvalue weighted by Crippen LogP contribution is 2.30. The molecule has 0 aromatic carbocycles. The first-order valence-electron chi connectivity index (χ1n) is 6.66. The van der Waals surface area contributed by atoms with Crippen molar-refractivity contribution in [2.75, 3.05) is 11.9 Å². The van der Waals surface area contributed by atoms with Gasteiger partial charge < -0.3 is 10.2 Å². The van der Waals surface area contributed by atoms with Crippen molar-refractivity contribution in [1.29, 1.82) is 0 Å². The van der Waals surface area contributed by atoms with Gasteiger partial charge in [0.25, 0.3) is 0 Å². The van der Waals surface area contributed by atoms with E-state index in [1.807, 2.05) is 6.20 Å². The number of nitrogens with one attached hydrogen (secondary N) is 1. The molecule has 2 saturated carbocycles. The second-order valence-electron chi connectivity index (χ2n) is 5.48. The second kappa shape index (κ2) is 4.30. The topological polar surface area (TPSA) is 28.2 Å². The van der Waals surface area contributed by atoms with Crippen molar-refractivity contribution in [2.24, 2.45) is 0 Å². The molecule has 0 radical (unpaired) electrons. The van der Waals surface area contributed by atoms with Gasteiger partial charge in [0.05, 0.1) is 0 Å². The van der Waals surface area contributed by atoms with Gasteiger partial charge in [0.15, 0.2) is 0 Å². The minimum Gasteiger partial charge on any atom is -0.356 e. The zero-order chi connectivity index (χ0) is 11.8. The minimum atomic E-state index is 0.733. The third-order valence-electron chi connectivity index (χ3n) is 3.71. The van der Waals surface area contributed by atoms with E-state index in [1.54, 1.807) is 0 Å². The van der Waals surface area contributed by atoms with Crippen molar-refractivity contribution < 1.29 is 0 Å². The fourth-order valence-corrected chi connectivity index (χ4v) is 2.28. The summed E-state index contributed by atoms with van der Waals surface area (Å²) in [5, 5.41) is 3.53. The molecule has 1 aromatic rings. The minimum absolute atomic E-state index is 0.733. The van der Waals surface area contributed by atoms with Crippen molar-refractivity contribution in [3.05, 3.63) is 23.4 Å². The monoisotopic (exact) mass is 231 g/mol. The largest absolute Gasteiger partial charge is 0.356 e. The fraction of sp³-hybridized carbons (Fsp3) is 0.643. The Balaban J connectivity index is 1.68. The van der Waals surface area contributed by atoms with Crippen LogP contribution < -0.4 is 10.2 Å². The summed E-state index contributed by atoms with van der Waals surface area (Å²) in [4.78, 5) is 6.95. The molecule has 0 unspecified atom stereocenters. The van der Waals surface area contributed by atoms with E-state index >= 15 is 0 Å². The highest BCUT2D eigenvalue weighted by atomic mass is 15.2. The molecule has 3 nitrogen and oxygen atoms in total. The fourth-order valence-electron chi connectivity index (χ4n) is 2.28. The van der Waals surface area contributed by atoms with Gasteiger partial charge in [-0.3, -0.25) is 0 Å². The molecule has 2 aliphatic rings. The standard InChI is InChI=1S/C14H21N3/c1-10-7-11(8-15-12-3-4-12)9-16-14(10)17(2)13-5-6-13/h7,9,12-13,15H,3-6,8H2,1-2H3. The average Bonchev–Trinajstić information content (AvgIpc) is 3.17. The highest BCUT2D eigenvalue weighted by Gasteiger charge is 2.28. The Morgan fingerprint density at radius 2 is 2.12 bits per heavy atom. The summed E-state index contributed by atoms with van der Waals surface area (Å²) in [6.07, 6.45) is 7.35. The van der Waals surface area contributed by atoms with Gasteiger partial charge in [-0.2, -0.15) is 0 Å². The number of aryl methyl sites for hydroxylation is 1. The predicted octanol–water partition coefficient (Wildman–Crippen LogP) is 2.24. The molecule has 17 heavy (non-hydrogen) atoms. The van der Waals surface area contributed by atoms with Crippen LogP contribution in [-0.2, 0) is 6.54 Å². The van der Waals surface area contributed by atoms with Crippen LogP contribution in [0.2, 0.25) is 0 Å². The smallest absolute Gasteiger partial charge is 0.131 e. The summed E-state index contributed by atoms with van der Waals surface area (Å²) in [6.45, 7) is 3.13. The van der Waals surface area contributed by atoms with E-state index in [9.17, 15) is 0 Å². The molecule has 2 fully saturated rings. The van der Waals surface area contributed by atoms with Crippen LogP contribution in [-0.4, -0.2) is 24.1 Å². The van der Waals surface area contributed by atoms with Gasteiger partial charge in [0.2, 0.25) is 0 Å². The lowest BCUT2D eigenvalue weighted by Crippen LogP contribution is -2.22. The van der Waals surface area contributed by atoms with Crippen LogP contribution in [0.3, 0.4) is 0 Å². The van der Waals surface area contributed by atoms with Crippen LogP contribution in [0, 0.1) is 6.92 Å². The van der Waals surface area contributed by atoms with Gasteiger partial charge in [0, 0.05) is 31.9 Å². The molecular weight excluding hydrogens is 210 g/mol. The van der Waals surface area contributed by atoms with Gasteiger partial charge >= 0.3 is 0 Å². The first-order chi connectivity index (χ1) is 8.24. The van der Waals surface area contributed by atoms with E-state index < -0.39 is 0 Å². The summed E-state index contributed by atoms with van der Waals surface area (Å²) >= 11 is 0. The van der Waals surface area contributed by atoms with Crippen LogP contribution in [0.1, 0.15) is 36.8 Å². The Labute approximate surface area is 103 Å². The first kappa shape index (κ1) is 11.0. The number of rotatable bonds is 5. The molecule has 0 atom stereocenters. The Hall–Kier alpha value is -1.09. The quantitative estimate of drug-likeness (QED) is 0.842. The average molecular weight is 231 g/mol. The van der Waals surface area contributed by atoms with Crippen LogP contribution >= 0.6 is 0 Å². The van der Waals surface area contributed by atoms with E-state index in [0.29, 0.717) is 0 Å². The Morgan fingerprint density at radius 3 is 2.71 bits per heavy atom. The van der Waals surface area contributed by atoms with Crippen LogP contribution in [0.25, 0.3) is 0 Å². The normalized spacial score (nSPS) is 19.4. The molecule has 0 saturated heterocycles. The maximum Gasteiger partial charge on any atom is 0.131 e. The number of aromatic nitrogens is 1. The van der Waals surface area contributed by atoms with E-state index in [0.717, 1.165) is 24.4 Å². The summed E-state index contributed by atoms with van der Waals surface area (Å²) < 4.78 is 0. The lowest BCUT2D eigenvalue weighted by atomic mass is 10.2. The number of hydrogen-bond acceptors (Lipinski definition) is 3. The number of anilines is 1. The Bertz CT molecular complexity index is 408. The predicted molar refractivity (Wildman–Crippen MR) is 70.3 cm³/mol. The van der Waals surface area contributed by atoms with Gasteiger partial charge in [-0.1, -0.05) is 0 Å². The van der Waals surface area contributed by atoms with Crippen LogP contribution in [0.4, 0.5) is 5.82 Å². The Kier molecular flexibility index (Phi) is 2.79. The summed E-state index contributed by atoms with van der Waals surface area (Å²) in [7, 11) is 2.16. The van der Waals surface area contributed by atoms with Gasteiger partial charge in [-0.15, -0.1) is 0 Å². The molecule has 2 aliphatic carbocycles. The van der Waals surface area contributed by atoms with Crippen molar-refractivity contribution in [3.63, 3.8) is 0 Å². The second-order valence-corrected chi connectivity index (χ2v) is 5.48. The van der Waals surface area contributed by atoms with Gasteiger partial charge in [0.1, 0.15) is 5.82 Å². The number of nitrogens with zero attached hydrogens (tertiary/aromatic N) is 2. The molecular formula is C14H21N3. The molecule has 0 aliphatic heterocycles. The van der Waals surface area contributed by atoms with Crippen molar-refractivity contribution in [1.82, 2.24) is 10.3 Å². The molecule has 0 spiro atoms. The third kappa shape index (κ3) is 2.60. The molecule has 0 amide bonds. The lowest BCUT2D eigenvalue weighted by molar-refractivity contribution is 0.685. The molecule has 92 valence electrons. The zero-order valence-electron chi connectivity index (χ0n) is 10.7. The lowest BCUT2D eigenvalue weighted by Gasteiger charge is -2.20. The highest BCUT2D eigenvalue weighted by molar-refractivity contribution is 5.48. The molecule has 0 bridgehead atoms. The van der Waals surface area contributed by atoms with Crippen LogP contribution in [0.15, 0.2) is 12.3 Å². The van der Waals surface area contributed by atoms with E-state index in [4.69, 9.17) is 0 Å². The third-order valence-corrected chi connectivity index (χ3v) is 3.71. The van der Waals surface area contributed by atoms with Crippen molar-refractivity contribution in [2.45, 2.75) is 51.2 Å². The SMILES string of the molecule is Cc1cc(CNC2CC2)cnc1N(C)C1CC1. The van der Waals surface area contributed by atoms with Crippen molar-refractivity contribution in [3.8, 4) is 0 Å². The van der Waals surface area contributed by atoms with Crippen molar-refractivity contribution >= 4 is 5.82 Å². The maximum absolute atomic E-state index is 4.62. The number of pyridine rings is 1. The molecule has 3 heteroatoms. The Morgan fingerprint density at radius 1 is 1.35 bits per heavy atom. The summed E-state index contributed by atoms with van der Waals surface area (Å²) in [6, 6.07) is 3.78. The summed E-state index contributed by atoms with van der Waals surface area (Å²) in [5.41, 5.74) is 2.61. The van der Waals surface area contributed by atoms with Gasteiger partial charge in [-0.25, -0.2) is 4.98 Å². The molecule has 1 N–H and O–H groups in total. The molecule has 1 heterocycles. The zero-order valence-corrected chi connectivity index (χ0v) is 10.7. The van der Waals surface area contributed by atoms with E-state index in [-0.39, 0.29) is 0 Å². The maximum atomic E-state index is 4.62.